The monoisotopic (exact) mass is 397 g/mol. The van der Waals surface area contributed by atoms with Gasteiger partial charge in [0.05, 0.1) is 23.8 Å². The van der Waals surface area contributed by atoms with Crippen LogP contribution in [0.25, 0.3) is 22.5 Å². The summed E-state index contributed by atoms with van der Waals surface area (Å²) >= 11 is 0. The highest BCUT2D eigenvalue weighted by atomic mass is 16.1. The van der Waals surface area contributed by atoms with Gasteiger partial charge in [-0.25, -0.2) is 15.0 Å². The number of carbonyl (C=O) groups is 1. The Hall–Kier alpha value is -4.33. The first kappa shape index (κ1) is 19.0. The van der Waals surface area contributed by atoms with Crippen molar-refractivity contribution in [1.82, 2.24) is 19.9 Å². The van der Waals surface area contributed by atoms with Crippen molar-refractivity contribution in [1.29, 1.82) is 0 Å². The van der Waals surface area contributed by atoms with Crippen LogP contribution in [0.5, 0.6) is 0 Å². The Morgan fingerprint density at radius 3 is 2.53 bits per heavy atom. The number of aromatic nitrogens is 4. The van der Waals surface area contributed by atoms with E-state index in [9.17, 15) is 4.79 Å². The summed E-state index contributed by atoms with van der Waals surface area (Å²) < 4.78 is 0. The van der Waals surface area contributed by atoms with Gasteiger partial charge in [-0.15, -0.1) is 0 Å². The molecule has 0 spiro atoms. The summed E-state index contributed by atoms with van der Waals surface area (Å²) in [5.74, 6) is 0.352. The van der Waals surface area contributed by atoms with E-state index >= 15 is 0 Å². The van der Waals surface area contributed by atoms with Crippen LogP contribution in [0.1, 0.15) is 16.2 Å². The van der Waals surface area contributed by atoms with Crippen LogP contribution in [0.15, 0.2) is 67.1 Å². The summed E-state index contributed by atoms with van der Waals surface area (Å²) in [7, 11) is 0. The van der Waals surface area contributed by atoms with E-state index in [1.807, 2.05) is 43.3 Å². The summed E-state index contributed by atoms with van der Waals surface area (Å²) in [6.07, 6.45) is 4.64. The number of hydrogen-bond acceptors (Lipinski definition) is 7. The van der Waals surface area contributed by atoms with Gasteiger partial charge in [0, 0.05) is 23.0 Å². The number of carbonyl (C=O) groups excluding carboxylic acids is 1. The molecular weight excluding hydrogens is 378 g/mol. The average Bonchev–Trinajstić information content (AvgIpc) is 2.74. The minimum Gasteiger partial charge on any atom is -0.396 e. The Morgan fingerprint density at radius 2 is 1.77 bits per heavy atom. The van der Waals surface area contributed by atoms with E-state index in [1.54, 1.807) is 24.5 Å². The topological polar surface area (TPSA) is 133 Å². The van der Waals surface area contributed by atoms with Gasteiger partial charge in [0.2, 0.25) is 0 Å². The number of nitrogens with two attached hydrogens (primary N) is 2. The van der Waals surface area contributed by atoms with Gasteiger partial charge in [-0.1, -0.05) is 30.3 Å². The van der Waals surface area contributed by atoms with E-state index in [0.29, 0.717) is 17.3 Å². The number of amides is 1. The molecule has 3 aromatic heterocycles. The minimum absolute atomic E-state index is 0.0871. The predicted octanol–water partition coefficient (Wildman–Crippen LogP) is 3.33. The zero-order valence-corrected chi connectivity index (χ0v) is 16.2. The molecule has 0 unspecified atom stereocenters. The summed E-state index contributed by atoms with van der Waals surface area (Å²) in [4.78, 5) is 29.9. The molecule has 8 nitrogen and oxygen atoms in total. The van der Waals surface area contributed by atoms with Crippen LogP contribution in [-0.4, -0.2) is 25.8 Å². The number of aryl methyl sites for hydroxylation is 1. The lowest BCUT2D eigenvalue weighted by molar-refractivity contribution is 0.102. The van der Waals surface area contributed by atoms with Gasteiger partial charge >= 0.3 is 0 Å². The molecule has 0 saturated carbocycles. The molecule has 0 saturated heterocycles. The molecule has 1 aromatic carbocycles. The van der Waals surface area contributed by atoms with Crippen LogP contribution < -0.4 is 16.8 Å². The van der Waals surface area contributed by atoms with Gasteiger partial charge in [0.1, 0.15) is 5.82 Å². The number of pyridine rings is 2. The first-order valence-electron chi connectivity index (χ1n) is 9.19. The number of nitrogens with zero attached hydrogens (tertiary/aromatic N) is 4. The van der Waals surface area contributed by atoms with Crippen molar-refractivity contribution >= 4 is 23.1 Å². The Kier molecular flexibility index (Phi) is 5.04. The number of anilines is 3. The first-order chi connectivity index (χ1) is 14.5. The largest absolute Gasteiger partial charge is 0.396 e. The predicted molar refractivity (Wildman–Crippen MR) is 116 cm³/mol. The Bertz CT molecular complexity index is 1210. The molecule has 30 heavy (non-hydrogen) atoms. The Morgan fingerprint density at radius 1 is 0.967 bits per heavy atom. The standard InChI is InChI=1S/C22H19N7O/c1-13-9-15(10-19(24)27-13)16-7-8-25-12-18(16)28-22(30)20-17(23)11-26-21(29-20)14-5-3-2-4-6-14/h2-12H,23H2,1H3,(H2,24,27)(H,28,30). The third-order valence-corrected chi connectivity index (χ3v) is 4.42. The average molecular weight is 397 g/mol. The van der Waals surface area contributed by atoms with Crippen molar-refractivity contribution in [2.75, 3.05) is 16.8 Å². The van der Waals surface area contributed by atoms with E-state index < -0.39 is 5.91 Å². The summed E-state index contributed by atoms with van der Waals surface area (Å²) in [6.45, 7) is 1.85. The van der Waals surface area contributed by atoms with Crippen molar-refractivity contribution in [3.63, 3.8) is 0 Å². The van der Waals surface area contributed by atoms with Crippen molar-refractivity contribution in [2.45, 2.75) is 6.92 Å². The fourth-order valence-electron chi connectivity index (χ4n) is 3.08. The zero-order valence-electron chi connectivity index (χ0n) is 16.2. The zero-order chi connectivity index (χ0) is 21.1. The minimum atomic E-state index is -0.458. The van der Waals surface area contributed by atoms with Crippen molar-refractivity contribution in [2.24, 2.45) is 0 Å². The quantitative estimate of drug-likeness (QED) is 0.481. The molecule has 0 aliphatic carbocycles. The molecule has 0 aliphatic rings. The smallest absolute Gasteiger partial charge is 0.276 e. The highest BCUT2D eigenvalue weighted by Crippen LogP contribution is 2.29. The van der Waals surface area contributed by atoms with Crippen LogP contribution in [0.4, 0.5) is 17.2 Å². The molecule has 0 radical (unpaired) electrons. The van der Waals surface area contributed by atoms with Gasteiger partial charge in [-0.05, 0) is 30.7 Å². The molecule has 8 heteroatoms. The molecule has 4 aromatic rings. The molecule has 1 amide bonds. The number of rotatable bonds is 4. The fraction of sp³-hybridized carbons (Fsp3) is 0.0455. The fourth-order valence-corrected chi connectivity index (χ4v) is 3.08. The van der Waals surface area contributed by atoms with E-state index in [-0.39, 0.29) is 11.4 Å². The molecule has 0 fully saturated rings. The molecule has 5 N–H and O–H groups in total. The lowest BCUT2D eigenvalue weighted by Gasteiger charge is -2.12. The van der Waals surface area contributed by atoms with Gasteiger partial charge in [0.25, 0.3) is 5.91 Å². The molecule has 3 heterocycles. The maximum Gasteiger partial charge on any atom is 0.276 e. The van der Waals surface area contributed by atoms with E-state index in [0.717, 1.165) is 22.4 Å². The normalized spacial score (nSPS) is 10.6. The second kappa shape index (κ2) is 7.96. The summed E-state index contributed by atoms with van der Waals surface area (Å²) in [5, 5.41) is 2.85. The van der Waals surface area contributed by atoms with Crippen molar-refractivity contribution in [3.05, 3.63) is 78.5 Å². The van der Waals surface area contributed by atoms with Gasteiger partial charge in [0.15, 0.2) is 11.5 Å². The lowest BCUT2D eigenvalue weighted by atomic mass is 10.1. The molecule has 4 rings (SSSR count). The van der Waals surface area contributed by atoms with E-state index in [1.165, 1.54) is 6.20 Å². The van der Waals surface area contributed by atoms with Crippen LogP contribution in [0, 0.1) is 6.92 Å². The second-order valence-electron chi connectivity index (χ2n) is 6.66. The SMILES string of the molecule is Cc1cc(-c2ccncc2NC(=O)c2nc(-c3ccccc3)ncc2N)cc(N)n1. The summed E-state index contributed by atoms with van der Waals surface area (Å²) in [5.41, 5.74) is 15.8. The number of nitrogen functional groups attached to an aromatic ring is 2. The summed E-state index contributed by atoms with van der Waals surface area (Å²) in [6, 6.07) is 14.8. The lowest BCUT2D eigenvalue weighted by Crippen LogP contribution is -2.17. The Labute approximate surface area is 173 Å². The van der Waals surface area contributed by atoms with Crippen LogP contribution in [0.2, 0.25) is 0 Å². The molecule has 148 valence electrons. The maximum atomic E-state index is 13.0. The van der Waals surface area contributed by atoms with Crippen LogP contribution in [0.3, 0.4) is 0 Å². The highest BCUT2D eigenvalue weighted by molar-refractivity contribution is 6.08. The molecule has 0 aliphatic heterocycles. The first-order valence-corrected chi connectivity index (χ1v) is 9.19. The highest BCUT2D eigenvalue weighted by Gasteiger charge is 2.17. The van der Waals surface area contributed by atoms with Gasteiger partial charge in [-0.3, -0.25) is 9.78 Å². The van der Waals surface area contributed by atoms with Gasteiger partial charge in [-0.2, -0.15) is 0 Å². The second-order valence-corrected chi connectivity index (χ2v) is 6.66. The van der Waals surface area contributed by atoms with Crippen molar-refractivity contribution in [3.8, 4) is 22.5 Å². The molecule has 0 bridgehead atoms. The Balaban J connectivity index is 1.69. The van der Waals surface area contributed by atoms with E-state index in [2.05, 4.69) is 25.3 Å². The van der Waals surface area contributed by atoms with E-state index in [4.69, 9.17) is 11.5 Å². The molecule has 0 atom stereocenters. The van der Waals surface area contributed by atoms with Crippen molar-refractivity contribution < 1.29 is 4.79 Å². The van der Waals surface area contributed by atoms with Crippen LogP contribution >= 0.6 is 0 Å². The molecular formula is C22H19N7O. The third kappa shape index (κ3) is 3.93. The van der Waals surface area contributed by atoms with Crippen LogP contribution in [-0.2, 0) is 0 Å². The maximum absolute atomic E-state index is 13.0. The van der Waals surface area contributed by atoms with Gasteiger partial charge < -0.3 is 16.8 Å². The number of benzene rings is 1. The third-order valence-electron chi connectivity index (χ3n) is 4.42. The number of hydrogen-bond donors (Lipinski definition) is 3. The number of nitrogens with one attached hydrogen (secondary N) is 1.